The lowest BCUT2D eigenvalue weighted by molar-refractivity contribution is -0.135. The lowest BCUT2D eigenvalue weighted by atomic mass is 9.93. The molecule has 1 saturated heterocycles. The highest BCUT2D eigenvalue weighted by Gasteiger charge is 2.39. The van der Waals surface area contributed by atoms with E-state index in [0.29, 0.717) is 32.0 Å². The SMILES string of the molecule is CC1CC1C(=O)NCCC(=O)N1CC(c2ncnc3ccccc23)C1. The van der Waals surface area contributed by atoms with E-state index in [1.807, 2.05) is 29.2 Å². The van der Waals surface area contributed by atoms with Gasteiger partial charge in [-0.1, -0.05) is 25.1 Å². The summed E-state index contributed by atoms with van der Waals surface area (Å²) in [5.41, 5.74) is 1.96. The average molecular weight is 338 g/mol. The molecule has 1 aromatic heterocycles. The topological polar surface area (TPSA) is 75.2 Å². The molecule has 1 aliphatic carbocycles. The minimum atomic E-state index is 0.0919. The summed E-state index contributed by atoms with van der Waals surface area (Å²) in [6, 6.07) is 7.96. The molecular weight excluding hydrogens is 316 g/mol. The molecule has 2 heterocycles. The number of nitrogens with zero attached hydrogens (tertiary/aromatic N) is 3. The van der Waals surface area contributed by atoms with Crippen molar-refractivity contribution in [3.8, 4) is 0 Å². The van der Waals surface area contributed by atoms with Gasteiger partial charge in [-0.3, -0.25) is 9.59 Å². The molecule has 0 spiro atoms. The maximum Gasteiger partial charge on any atom is 0.224 e. The van der Waals surface area contributed by atoms with Crippen molar-refractivity contribution in [1.29, 1.82) is 0 Å². The fourth-order valence-corrected chi connectivity index (χ4v) is 3.48. The van der Waals surface area contributed by atoms with Gasteiger partial charge in [-0.2, -0.15) is 0 Å². The summed E-state index contributed by atoms with van der Waals surface area (Å²) in [6.45, 7) is 3.88. The second kappa shape index (κ2) is 6.43. The zero-order valence-electron chi connectivity index (χ0n) is 14.3. The highest BCUT2D eigenvalue weighted by molar-refractivity contribution is 5.84. The first-order valence-corrected chi connectivity index (χ1v) is 8.88. The quantitative estimate of drug-likeness (QED) is 0.901. The number of hydrogen-bond acceptors (Lipinski definition) is 4. The van der Waals surface area contributed by atoms with E-state index in [2.05, 4.69) is 22.2 Å². The van der Waals surface area contributed by atoms with Gasteiger partial charge < -0.3 is 10.2 Å². The van der Waals surface area contributed by atoms with E-state index < -0.39 is 0 Å². The molecule has 2 amide bonds. The first-order chi connectivity index (χ1) is 12.1. The van der Waals surface area contributed by atoms with Crippen LogP contribution >= 0.6 is 0 Å². The number of carbonyl (C=O) groups is 2. The van der Waals surface area contributed by atoms with E-state index in [1.54, 1.807) is 6.33 Å². The number of nitrogens with one attached hydrogen (secondary N) is 1. The third-order valence-electron chi connectivity index (χ3n) is 5.28. The van der Waals surface area contributed by atoms with Crippen LogP contribution in [0.2, 0.25) is 0 Å². The Morgan fingerprint density at radius 2 is 2.00 bits per heavy atom. The lowest BCUT2D eigenvalue weighted by Crippen LogP contribution is -2.49. The first-order valence-electron chi connectivity index (χ1n) is 8.88. The molecule has 1 aliphatic heterocycles. The van der Waals surface area contributed by atoms with E-state index in [1.165, 1.54) is 0 Å². The van der Waals surface area contributed by atoms with E-state index in [4.69, 9.17) is 0 Å². The average Bonchev–Trinajstić information content (AvgIpc) is 3.30. The lowest BCUT2D eigenvalue weighted by Gasteiger charge is -2.39. The number of amides is 2. The third-order valence-corrected chi connectivity index (χ3v) is 5.28. The zero-order valence-corrected chi connectivity index (χ0v) is 14.3. The van der Waals surface area contributed by atoms with Crippen LogP contribution in [0.4, 0.5) is 0 Å². The Labute approximate surface area is 146 Å². The van der Waals surface area contributed by atoms with Gasteiger partial charge >= 0.3 is 0 Å². The van der Waals surface area contributed by atoms with Crippen molar-refractivity contribution < 1.29 is 9.59 Å². The molecule has 130 valence electrons. The summed E-state index contributed by atoms with van der Waals surface area (Å²) in [5, 5.41) is 3.93. The van der Waals surface area contributed by atoms with E-state index >= 15 is 0 Å². The van der Waals surface area contributed by atoms with Crippen LogP contribution in [0.15, 0.2) is 30.6 Å². The molecule has 4 rings (SSSR count). The minimum Gasteiger partial charge on any atom is -0.355 e. The van der Waals surface area contributed by atoms with Crippen LogP contribution in [0.3, 0.4) is 0 Å². The van der Waals surface area contributed by atoms with Crippen LogP contribution in [-0.2, 0) is 9.59 Å². The van der Waals surface area contributed by atoms with E-state index in [9.17, 15) is 9.59 Å². The van der Waals surface area contributed by atoms with Gasteiger partial charge in [-0.05, 0) is 18.4 Å². The second-order valence-electron chi connectivity index (χ2n) is 7.13. The number of fused-ring (bicyclic) bond motifs is 1. The van der Waals surface area contributed by atoms with E-state index in [0.717, 1.165) is 23.0 Å². The van der Waals surface area contributed by atoms with Crippen molar-refractivity contribution >= 4 is 22.7 Å². The van der Waals surface area contributed by atoms with E-state index in [-0.39, 0.29) is 23.7 Å². The Balaban J connectivity index is 1.28. The normalized spacial score (nSPS) is 22.5. The molecule has 2 atom stereocenters. The van der Waals surface area contributed by atoms with Crippen molar-refractivity contribution in [1.82, 2.24) is 20.2 Å². The van der Waals surface area contributed by atoms with Crippen LogP contribution in [0.5, 0.6) is 0 Å². The highest BCUT2D eigenvalue weighted by atomic mass is 16.2. The molecular formula is C19H22N4O2. The zero-order chi connectivity index (χ0) is 17.4. The van der Waals surface area contributed by atoms with Crippen molar-refractivity contribution in [3.63, 3.8) is 0 Å². The van der Waals surface area contributed by atoms with Gasteiger partial charge in [0.25, 0.3) is 0 Å². The molecule has 1 N–H and O–H groups in total. The number of carbonyl (C=O) groups excluding carboxylic acids is 2. The fourth-order valence-electron chi connectivity index (χ4n) is 3.48. The van der Waals surface area contributed by atoms with Gasteiger partial charge in [0.1, 0.15) is 6.33 Å². The van der Waals surface area contributed by atoms with Gasteiger partial charge in [0.05, 0.1) is 11.2 Å². The van der Waals surface area contributed by atoms with Gasteiger partial charge in [0.2, 0.25) is 11.8 Å². The minimum absolute atomic E-state index is 0.0919. The smallest absolute Gasteiger partial charge is 0.224 e. The van der Waals surface area contributed by atoms with Crippen LogP contribution < -0.4 is 5.32 Å². The monoisotopic (exact) mass is 338 g/mol. The number of likely N-dealkylation sites (tertiary alicyclic amines) is 1. The Hall–Kier alpha value is -2.50. The van der Waals surface area contributed by atoms with Crippen molar-refractivity contribution in [2.45, 2.75) is 25.7 Å². The molecule has 0 radical (unpaired) electrons. The molecule has 2 unspecified atom stereocenters. The summed E-state index contributed by atoms with van der Waals surface area (Å²) < 4.78 is 0. The molecule has 1 aromatic carbocycles. The third kappa shape index (κ3) is 3.21. The molecule has 6 nitrogen and oxygen atoms in total. The molecule has 2 aliphatic rings. The Morgan fingerprint density at radius 3 is 2.76 bits per heavy atom. The predicted molar refractivity (Wildman–Crippen MR) is 93.8 cm³/mol. The molecule has 0 bridgehead atoms. The Bertz CT molecular complexity index is 811. The molecule has 2 aromatic rings. The van der Waals surface area contributed by atoms with Crippen molar-refractivity contribution in [3.05, 3.63) is 36.3 Å². The van der Waals surface area contributed by atoms with Gasteiger partial charge in [0.15, 0.2) is 0 Å². The van der Waals surface area contributed by atoms with Crippen LogP contribution in [-0.4, -0.2) is 46.3 Å². The summed E-state index contributed by atoms with van der Waals surface area (Å²) in [5.74, 6) is 1.11. The van der Waals surface area contributed by atoms with Crippen LogP contribution in [0, 0.1) is 11.8 Å². The maximum atomic E-state index is 12.2. The summed E-state index contributed by atoms with van der Waals surface area (Å²) in [6.07, 6.45) is 2.93. The number of hydrogen-bond donors (Lipinski definition) is 1. The number of rotatable bonds is 5. The number of benzene rings is 1. The molecule has 1 saturated carbocycles. The number of aromatic nitrogens is 2. The van der Waals surface area contributed by atoms with Crippen LogP contribution in [0.25, 0.3) is 10.9 Å². The first kappa shape index (κ1) is 16.0. The summed E-state index contributed by atoms with van der Waals surface area (Å²) >= 11 is 0. The Kier molecular flexibility index (Phi) is 4.11. The predicted octanol–water partition coefficient (Wildman–Crippen LogP) is 1.72. The van der Waals surface area contributed by atoms with Gasteiger partial charge in [-0.15, -0.1) is 0 Å². The maximum absolute atomic E-state index is 12.2. The van der Waals surface area contributed by atoms with Crippen molar-refractivity contribution in [2.75, 3.05) is 19.6 Å². The summed E-state index contributed by atoms with van der Waals surface area (Å²) in [4.78, 5) is 34.6. The van der Waals surface area contributed by atoms with Crippen LogP contribution in [0.1, 0.15) is 31.4 Å². The largest absolute Gasteiger partial charge is 0.355 e. The van der Waals surface area contributed by atoms with Gasteiger partial charge in [-0.25, -0.2) is 9.97 Å². The fraction of sp³-hybridized carbons (Fsp3) is 0.474. The van der Waals surface area contributed by atoms with Gasteiger partial charge in [0, 0.05) is 43.3 Å². The van der Waals surface area contributed by atoms with Crippen molar-refractivity contribution in [2.24, 2.45) is 11.8 Å². The second-order valence-corrected chi connectivity index (χ2v) is 7.13. The standard InChI is InChI=1S/C19H22N4O2/c1-12-8-15(12)19(25)20-7-6-17(24)23-9-13(10-23)18-14-4-2-3-5-16(14)21-11-22-18/h2-5,11-13,15H,6-10H2,1H3,(H,20,25). The molecule has 6 heteroatoms. The Morgan fingerprint density at radius 1 is 1.24 bits per heavy atom. The molecule has 2 fully saturated rings. The molecule has 25 heavy (non-hydrogen) atoms. The number of para-hydroxylation sites is 1. The summed E-state index contributed by atoms with van der Waals surface area (Å²) in [7, 11) is 0. The highest BCUT2D eigenvalue weighted by Crippen LogP contribution is 2.37.